The van der Waals surface area contributed by atoms with Gasteiger partial charge in [0.2, 0.25) is 15.9 Å². The van der Waals surface area contributed by atoms with E-state index in [1.54, 1.807) is 20.8 Å². The van der Waals surface area contributed by atoms with E-state index in [9.17, 15) is 26.8 Å². The molecular weight excluding hydrogens is 577 g/mol. The van der Waals surface area contributed by atoms with E-state index < -0.39 is 51.2 Å². The molecule has 1 aromatic rings. The fourth-order valence-electron chi connectivity index (χ4n) is 5.32. The molecule has 1 aromatic carbocycles. The predicted molar refractivity (Wildman–Crippen MR) is 150 cm³/mol. The molecule has 1 saturated heterocycles. The van der Waals surface area contributed by atoms with Gasteiger partial charge in [-0.15, -0.1) is 0 Å². The summed E-state index contributed by atoms with van der Waals surface area (Å²) in [5, 5.41) is 0. The molecule has 0 unspecified atom stereocenters. The molecule has 1 aliphatic carbocycles. The lowest BCUT2D eigenvalue weighted by atomic mass is 9.91. The number of aryl methyl sites for hydroxylation is 1. The summed E-state index contributed by atoms with van der Waals surface area (Å²) in [6.45, 7) is 7.13. The maximum Gasteiger partial charge on any atom is 0.410 e. The summed E-state index contributed by atoms with van der Waals surface area (Å²) in [5.41, 5.74) is -0.523. The van der Waals surface area contributed by atoms with Crippen molar-refractivity contribution in [3.05, 3.63) is 23.5 Å². The molecule has 1 saturated carbocycles. The van der Waals surface area contributed by atoms with E-state index in [0.717, 1.165) is 4.31 Å². The Kier molecular flexibility index (Phi) is 11.2. The number of benzene rings is 1. The number of hydrogen-bond donors (Lipinski definition) is 0. The molecule has 1 atom stereocenters. The quantitative estimate of drug-likeness (QED) is 0.227. The van der Waals surface area contributed by atoms with Crippen molar-refractivity contribution in [1.29, 1.82) is 0 Å². The monoisotopic (exact) mass is 620 g/mol. The molecular formula is C29H43F3N2O7S. The van der Waals surface area contributed by atoms with Gasteiger partial charge in [-0.1, -0.05) is 6.07 Å². The minimum atomic E-state index is -4.26. The van der Waals surface area contributed by atoms with Crippen molar-refractivity contribution in [2.24, 2.45) is 0 Å². The number of nitrogens with zero attached hydrogens (tertiary/aromatic N) is 2. The summed E-state index contributed by atoms with van der Waals surface area (Å²) in [7, 11) is -3.07. The maximum atomic E-state index is 15.2. The van der Waals surface area contributed by atoms with Crippen molar-refractivity contribution in [2.45, 2.75) is 114 Å². The van der Waals surface area contributed by atoms with E-state index in [-0.39, 0.29) is 55.3 Å². The molecule has 0 radical (unpaired) electrons. The number of carbonyl (C=O) groups is 2. The molecule has 1 amide bonds. The Balaban J connectivity index is 1.63. The average Bonchev–Trinajstić information content (AvgIpc) is 3.40. The fraction of sp³-hybridized carbons (Fsp3) is 0.724. The fourth-order valence-corrected chi connectivity index (χ4v) is 7.09. The van der Waals surface area contributed by atoms with Gasteiger partial charge >= 0.3 is 12.1 Å². The van der Waals surface area contributed by atoms with Gasteiger partial charge in [-0.05, 0) is 84.3 Å². The smallest absolute Gasteiger partial charge is 0.410 e. The van der Waals surface area contributed by atoms with Crippen molar-refractivity contribution in [2.75, 3.05) is 26.8 Å². The van der Waals surface area contributed by atoms with Crippen molar-refractivity contribution >= 4 is 22.1 Å². The highest BCUT2D eigenvalue weighted by Crippen LogP contribution is 2.37. The number of carbonyl (C=O) groups excluding carboxylic acids is 2. The van der Waals surface area contributed by atoms with E-state index in [1.165, 1.54) is 31.1 Å². The largest absolute Gasteiger partial charge is 0.489 e. The SMILES string of the molecule is COC(=O)[C@@H]1CCCN1S(=O)(=O)c1ccc(C)c(F)c1OCCCCCN(C(=O)OC(C)(C)C)C1CCC(F)(F)CC1. The number of ether oxygens (including phenoxy) is 3. The molecule has 1 aliphatic heterocycles. The zero-order valence-corrected chi connectivity index (χ0v) is 25.9. The summed E-state index contributed by atoms with van der Waals surface area (Å²) in [6.07, 6.45) is 1.53. The van der Waals surface area contributed by atoms with E-state index >= 15 is 4.39 Å². The lowest BCUT2D eigenvalue weighted by Crippen LogP contribution is -2.46. The second-order valence-corrected chi connectivity index (χ2v) is 13.8. The van der Waals surface area contributed by atoms with Crippen molar-refractivity contribution in [3.63, 3.8) is 0 Å². The number of rotatable bonds is 11. The Hall–Kier alpha value is -2.54. The van der Waals surface area contributed by atoms with E-state index in [0.29, 0.717) is 38.6 Å². The van der Waals surface area contributed by atoms with Crippen molar-refractivity contribution < 1.29 is 45.4 Å². The highest BCUT2D eigenvalue weighted by Gasteiger charge is 2.42. The molecule has 42 heavy (non-hydrogen) atoms. The lowest BCUT2D eigenvalue weighted by Gasteiger charge is -2.37. The Morgan fingerprint density at radius 3 is 2.38 bits per heavy atom. The topological polar surface area (TPSA) is 102 Å². The summed E-state index contributed by atoms with van der Waals surface area (Å²) in [5.74, 6) is -4.59. The van der Waals surface area contributed by atoms with E-state index in [4.69, 9.17) is 14.2 Å². The minimum Gasteiger partial charge on any atom is -0.489 e. The molecule has 2 aliphatic rings. The number of esters is 1. The number of alkyl halides is 2. The van der Waals surface area contributed by atoms with Crippen LogP contribution in [0.15, 0.2) is 17.0 Å². The summed E-state index contributed by atoms with van der Waals surface area (Å²) in [6, 6.07) is 1.30. The first-order valence-corrected chi connectivity index (χ1v) is 15.9. The molecule has 0 spiro atoms. The third-order valence-electron chi connectivity index (χ3n) is 7.56. The van der Waals surface area contributed by atoms with E-state index in [1.807, 2.05) is 0 Å². The van der Waals surface area contributed by atoms with Crippen LogP contribution in [0.5, 0.6) is 5.75 Å². The third-order valence-corrected chi connectivity index (χ3v) is 9.49. The summed E-state index contributed by atoms with van der Waals surface area (Å²) < 4.78 is 86.6. The Morgan fingerprint density at radius 1 is 1.10 bits per heavy atom. The molecule has 3 rings (SSSR count). The zero-order valence-electron chi connectivity index (χ0n) is 25.1. The number of amides is 1. The maximum absolute atomic E-state index is 15.2. The third kappa shape index (κ3) is 8.52. The Labute approximate surface area is 246 Å². The number of hydrogen-bond acceptors (Lipinski definition) is 7. The van der Waals surface area contributed by atoms with Crippen LogP contribution in [-0.2, 0) is 24.3 Å². The highest BCUT2D eigenvalue weighted by molar-refractivity contribution is 7.89. The van der Waals surface area contributed by atoms with Gasteiger partial charge in [-0.25, -0.2) is 26.4 Å². The molecule has 0 aromatic heterocycles. The first-order valence-electron chi connectivity index (χ1n) is 14.5. The van der Waals surface area contributed by atoms with Gasteiger partial charge in [0.25, 0.3) is 0 Å². The zero-order chi connectivity index (χ0) is 31.3. The number of unbranched alkanes of at least 4 members (excludes halogenated alkanes) is 2. The second-order valence-electron chi connectivity index (χ2n) is 12.0. The minimum absolute atomic E-state index is 0.00537. The normalized spacial score (nSPS) is 19.9. The first kappa shape index (κ1) is 34.0. The van der Waals surface area contributed by atoms with Crippen LogP contribution in [0.3, 0.4) is 0 Å². The molecule has 2 fully saturated rings. The standard InChI is InChI=1S/C29H43F3N2O7S/c1-20-11-12-23(42(37,38)34-18-9-10-22(34)26(35)39-5)25(24(20)30)40-19-8-6-7-17-33(27(36)41-28(2,3)4)21-13-15-29(31,32)16-14-21/h11-12,21-22H,6-10,13-19H2,1-5H3/t22-/m0/s1. The highest BCUT2D eigenvalue weighted by atomic mass is 32.2. The first-order chi connectivity index (χ1) is 19.6. The summed E-state index contributed by atoms with van der Waals surface area (Å²) in [4.78, 5) is 26.2. The number of halogens is 3. The number of sulfonamides is 1. The van der Waals surface area contributed by atoms with Gasteiger partial charge in [-0.3, -0.25) is 4.79 Å². The van der Waals surface area contributed by atoms with Gasteiger partial charge in [0.1, 0.15) is 16.5 Å². The molecule has 0 bridgehead atoms. The number of methoxy groups -OCH3 is 1. The lowest BCUT2D eigenvalue weighted by molar-refractivity contribution is -0.144. The van der Waals surface area contributed by atoms with E-state index in [2.05, 4.69) is 0 Å². The average molecular weight is 621 g/mol. The molecule has 238 valence electrons. The van der Waals surface area contributed by atoms with Crippen molar-refractivity contribution in [1.82, 2.24) is 9.21 Å². The van der Waals surface area contributed by atoms with Crippen LogP contribution in [0.1, 0.15) is 84.1 Å². The van der Waals surface area contributed by atoms with Gasteiger partial charge in [-0.2, -0.15) is 4.31 Å². The molecule has 13 heteroatoms. The van der Waals surface area contributed by atoms with Gasteiger partial charge in [0, 0.05) is 32.0 Å². The predicted octanol–water partition coefficient (Wildman–Crippen LogP) is 5.82. The Morgan fingerprint density at radius 2 is 1.76 bits per heavy atom. The second kappa shape index (κ2) is 13.8. The van der Waals surface area contributed by atoms with Crippen LogP contribution in [0, 0.1) is 12.7 Å². The van der Waals surface area contributed by atoms with Crippen LogP contribution in [-0.4, -0.2) is 80.1 Å². The van der Waals surface area contributed by atoms with Crippen LogP contribution in [0.2, 0.25) is 0 Å². The molecule has 9 nitrogen and oxygen atoms in total. The summed E-state index contributed by atoms with van der Waals surface area (Å²) >= 11 is 0. The molecule has 1 heterocycles. The molecule has 0 N–H and O–H groups in total. The van der Waals surface area contributed by atoms with Crippen LogP contribution in [0.25, 0.3) is 0 Å². The van der Waals surface area contributed by atoms with Crippen LogP contribution < -0.4 is 4.74 Å². The van der Waals surface area contributed by atoms with Gasteiger partial charge in [0.15, 0.2) is 11.6 Å². The van der Waals surface area contributed by atoms with Crippen LogP contribution in [0.4, 0.5) is 18.0 Å². The van der Waals surface area contributed by atoms with Crippen LogP contribution >= 0.6 is 0 Å². The van der Waals surface area contributed by atoms with Gasteiger partial charge in [0.05, 0.1) is 13.7 Å². The Bertz CT molecular complexity index is 1210. The van der Waals surface area contributed by atoms with Crippen molar-refractivity contribution in [3.8, 4) is 5.75 Å². The van der Waals surface area contributed by atoms with Gasteiger partial charge < -0.3 is 19.1 Å².